The molecule has 0 saturated heterocycles. The van der Waals surface area contributed by atoms with Gasteiger partial charge in [-0.1, -0.05) is 0 Å². The summed E-state index contributed by atoms with van der Waals surface area (Å²) >= 11 is 0. The quantitative estimate of drug-likeness (QED) is 0.794. The predicted molar refractivity (Wildman–Crippen MR) is 47.0 cm³/mol. The molecule has 0 aromatic carbocycles. The summed E-state index contributed by atoms with van der Waals surface area (Å²) in [7, 11) is 0. The molecule has 5 nitrogen and oxygen atoms in total. The van der Waals surface area contributed by atoms with Crippen LogP contribution in [0.25, 0.3) is 5.82 Å². The van der Waals surface area contributed by atoms with Crippen molar-refractivity contribution in [3.05, 3.63) is 40.4 Å². The fourth-order valence-electron chi connectivity index (χ4n) is 1.06. The van der Waals surface area contributed by atoms with Crippen molar-refractivity contribution in [2.45, 2.75) is 6.18 Å². The number of aromatic nitrogens is 4. The highest BCUT2D eigenvalue weighted by molar-refractivity contribution is 5.21. The molecule has 0 saturated carbocycles. The molecular formula is C8H5F3N4O. The van der Waals surface area contributed by atoms with E-state index in [0.29, 0.717) is 6.20 Å². The molecule has 0 spiro atoms. The molecule has 0 radical (unpaired) electrons. The molecule has 2 rings (SSSR count). The van der Waals surface area contributed by atoms with E-state index in [1.165, 1.54) is 6.07 Å². The summed E-state index contributed by atoms with van der Waals surface area (Å²) in [6, 6.07) is 2.42. The van der Waals surface area contributed by atoms with E-state index in [4.69, 9.17) is 0 Å². The highest BCUT2D eigenvalue weighted by Crippen LogP contribution is 2.28. The third-order valence-electron chi connectivity index (χ3n) is 1.81. The normalized spacial score (nSPS) is 11.7. The molecule has 0 aliphatic carbocycles. The Kier molecular flexibility index (Phi) is 2.26. The largest absolute Gasteiger partial charge is 0.419 e. The number of hydrogen-bond acceptors (Lipinski definition) is 3. The van der Waals surface area contributed by atoms with Gasteiger partial charge in [-0.05, 0) is 6.07 Å². The molecule has 0 aliphatic rings. The van der Waals surface area contributed by atoms with Crippen molar-refractivity contribution in [3.8, 4) is 5.82 Å². The molecule has 2 aromatic rings. The maximum absolute atomic E-state index is 12.2. The Hall–Kier alpha value is -2.12. The van der Waals surface area contributed by atoms with Gasteiger partial charge in [0, 0.05) is 12.3 Å². The van der Waals surface area contributed by atoms with Crippen LogP contribution in [0.15, 0.2) is 29.3 Å². The van der Waals surface area contributed by atoms with Gasteiger partial charge in [0.15, 0.2) is 5.82 Å². The van der Waals surface area contributed by atoms with Crippen LogP contribution in [-0.4, -0.2) is 20.0 Å². The van der Waals surface area contributed by atoms with E-state index in [1.54, 1.807) is 0 Å². The first-order valence-corrected chi connectivity index (χ1v) is 4.15. The first-order chi connectivity index (χ1) is 7.47. The van der Waals surface area contributed by atoms with Crippen LogP contribution in [0, 0.1) is 0 Å². The van der Waals surface area contributed by atoms with Crippen molar-refractivity contribution in [2.75, 3.05) is 0 Å². The molecule has 2 aromatic heterocycles. The molecule has 84 valence electrons. The van der Waals surface area contributed by atoms with Crippen LogP contribution < -0.4 is 5.56 Å². The van der Waals surface area contributed by atoms with Crippen molar-refractivity contribution in [1.82, 2.24) is 20.0 Å². The van der Waals surface area contributed by atoms with E-state index < -0.39 is 17.3 Å². The molecule has 0 amide bonds. The monoisotopic (exact) mass is 230 g/mol. The third-order valence-corrected chi connectivity index (χ3v) is 1.81. The van der Waals surface area contributed by atoms with E-state index >= 15 is 0 Å². The predicted octanol–water partition coefficient (Wildman–Crippen LogP) is 0.974. The van der Waals surface area contributed by atoms with Crippen molar-refractivity contribution in [2.24, 2.45) is 0 Å². The number of halogens is 3. The van der Waals surface area contributed by atoms with Gasteiger partial charge in [0.25, 0.3) is 5.56 Å². The number of H-pyrrole nitrogens is 1. The van der Waals surface area contributed by atoms with Crippen molar-refractivity contribution >= 4 is 0 Å². The zero-order valence-electron chi connectivity index (χ0n) is 7.69. The SMILES string of the molecule is O=c1ccc(-n2cc(C(F)(F)F)cn2)n[nH]1. The van der Waals surface area contributed by atoms with E-state index in [0.717, 1.165) is 16.9 Å². The zero-order chi connectivity index (χ0) is 11.8. The number of alkyl halides is 3. The third kappa shape index (κ3) is 1.95. The Morgan fingerprint density at radius 2 is 2.06 bits per heavy atom. The molecule has 8 heteroatoms. The number of nitrogens with one attached hydrogen (secondary N) is 1. The molecule has 16 heavy (non-hydrogen) atoms. The highest BCUT2D eigenvalue weighted by atomic mass is 19.4. The second-order valence-electron chi connectivity index (χ2n) is 2.95. The van der Waals surface area contributed by atoms with Crippen molar-refractivity contribution in [3.63, 3.8) is 0 Å². The van der Waals surface area contributed by atoms with Gasteiger partial charge in [0.1, 0.15) is 0 Å². The summed E-state index contributed by atoms with van der Waals surface area (Å²) in [4.78, 5) is 10.7. The minimum Gasteiger partial charge on any atom is -0.268 e. The summed E-state index contributed by atoms with van der Waals surface area (Å²) in [5.41, 5.74) is -1.31. The second-order valence-corrected chi connectivity index (χ2v) is 2.95. The van der Waals surface area contributed by atoms with Gasteiger partial charge >= 0.3 is 6.18 Å². The maximum atomic E-state index is 12.2. The van der Waals surface area contributed by atoms with Crippen LogP contribution in [0.5, 0.6) is 0 Å². The van der Waals surface area contributed by atoms with E-state index in [2.05, 4.69) is 15.3 Å². The summed E-state index contributed by atoms with van der Waals surface area (Å²) in [6.45, 7) is 0. The highest BCUT2D eigenvalue weighted by Gasteiger charge is 2.32. The lowest BCUT2D eigenvalue weighted by molar-refractivity contribution is -0.137. The van der Waals surface area contributed by atoms with Gasteiger partial charge in [-0.2, -0.15) is 23.4 Å². The Morgan fingerprint density at radius 1 is 1.31 bits per heavy atom. The summed E-state index contributed by atoms with van der Waals surface area (Å²) in [5, 5.41) is 9.13. The first-order valence-electron chi connectivity index (χ1n) is 4.15. The number of rotatable bonds is 1. The smallest absolute Gasteiger partial charge is 0.268 e. The van der Waals surface area contributed by atoms with Crippen LogP contribution in [0.1, 0.15) is 5.56 Å². The Morgan fingerprint density at radius 3 is 2.56 bits per heavy atom. The van der Waals surface area contributed by atoms with Gasteiger partial charge in [0.05, 0.1) is 11.8 Å². The Balaban J connectivity index is 2.39. The van der Waals surface area contributed by atoms with E-state index in [1.807, 2.05) is 0 Å². The molecule has 2 heterocycles. The average molecular weight is 230 g/mol. The first kappa shape index (κ1) is 10.4. The van der Waals surface area contributed by atoms with Gasteiger partial charge in [-0.15, -0.1) is 0 Å². The van der Waals surface area contributed by atoms with Gasteiger partial charge in [-0.25, -0.2) is 9.78 Å². The van der Waals surface area contributed by atoms with Gasteiger partial charge < -0.3 is 0 Å². The number of hydrogen-bond donors (Lipinski definition) is 1. The van der Waals surface area contributed by atoms with Gasteiger partial charge in [-0.3, -0.25) is 4.79 Å². The van der Waals surface area contributed by atoms with Crippen LogP contribution in [0.3, 0.4) is 0 Å². The van der Waals surface area contributed by atoms with Crippen molar-refractivity contribution in [1.29, 1.82) is 0 Å². The number of aromatic amines is 1. The summed E-state index contributed by atoms with van der Waals surface area (Å²) in [5.74, 6) is 0.107. The minimum atomic E-state index is -4.44. The minimum absolute atomic E-state index is 0.107. The summed E-state index contributed by atoms with van der Waals surface area (Å²) < 4.78 is 37.7. The zero-order valence-corrected chi connectivity index (χ0v) is 7.69. The molecule has 0 unspecified atom stereocenters. The lowest BCUT2D eigenvalue weighted by Crippen LogP contribution is -2.09. The fraction of sp³-hybridized carbons (Fsp3) is 0.125. The molecule has 0 fully saturated rings. The Labute approximate surface area is 86.5 Å². The van der Waals surface area contributed by atoms with Crippen LogP contribution in [-0.2, 0) is 6.18 Å². The molecular weight excluding hydrogens is 225 g/mol. The standard InChI is InChI=1S/C8H5F3N4O/c9-8(10,11)5-3-12-15(4-5)6-1-2-7(16)14-13-6/h1-4H,(H,14,16). The Bertz CT molecular complexity index is 536. The van der Waals surface area contributed by atoms with Gasteiger partial charge in [0.2, 0.25) is 0 Å². The molecule has 1 N–H and O–H groups in total. The topological polar surface area (TPSA) is 63.6 Å². The van der Waals surface area contributed by atoms with Crippen molar-refractivity contribution < 1.29 is 13.2 Å². The number of nitrogens with zero attached hydrogens (tertiary/aromatic N) is 3. The fourth-order valence-corrected chi connectivity index (χ4v) is 1.06. The summed E-state index contributed by atoms with van der Waals surface area (Å²) in [6.07, 6.45) is -2.96. The lowest BCUT2D eigenvalue weighted by Gasteiger charge is -2.00. The van der Waals surface area contributed by atoms with Crippen LogP contribution in [0.2, 0.25) is 0 Å². The molecule has 0 aliphatic heterocycles. The van der Waals surface area contributed by atoms with E-state index in [-0.39, 0.29) is 5.82 Å². The van der Waals surface area contributed by atoms with Crippen LogP contribution >= 0.6 is 0 Å². The molecule has 0 bridgehead atoms. The lowest BCUT2D eigenvalue weighted by atomic mass is 10.4. The maximum Gasteiger partial charge on any atom is 0.419 e. The van der Waals surface area contributed by atoms with E-state index in [9.17, 15) is 18.0 Å². The average Bonchev–Trinajstić information content (AvgIpc) is 2.67. The second kappa shape index (κ2) is 3.47. The molecule has 0 atom stereocenters. The van der Waals surface area contributed by atoms with Crippen LogP contribution in [0.4, 0.5) is 13.2 Å².